The van der Waals surface area contributed by atoms with Gasteiger partial charge in [-0.1, -0.05) is 36.8 Å². The molecule has 0 fully saturated rings. The molecule has 94 valence electrons. The molecule has 2 nitrogen and oxygen atoms in total. The number of benzene rings is 1. The molecule has 1 aromatic rings. The smallest absolute Gasteiger partial charge is 0.129 e. The summed E-state index contributed by atoms with van der Waals surface area (Å²) < 4.78 is 13.6. The molecule has 1 rings (SSSR count). The topological polar surface area (TPSA) is 29.3 Å². The Bertz CT molecular complexity index is 378. The summed E-state index contributed by atoms with van der Waals surface area (Å²) in [6, 6.07) is 4.72. The van der Waals surface area contributed by atoms with Crippen LogP contribution >= 0.6 is 23.8 Å². The van der Waals surface area contributed by atoms with E-state index >= 15 is 0 Å². The zero-order chi connectivity index (χ0) is 12.8. The van der Waals surface area contributed by atoms with E-state index < -0.39 is 0 Å². The minimum absolute atomic E-state index is 0.272. The first-order valence-electron chi connectivity index (χ1n) is 5.48. The van der Waals surface area contributed by atoms with Crippen LogP contribution in [0.1, 0.15) is 18.9 Å². The summed E-state index contributed by atoms with van der Waals surface area (Å²) in [5.74, 6) is -0.272. The molecule has 0 saturated heterocycles. The summed E-state index contributed by atoms with van der Waals surface area (Å²) in [6.07, 6.45) is 0.634. The van der Waals surface area contributed by atoms with Crippen molar-refractivity contribution in [2.24, 2.45) is 5.73 Å². The van der Waals surface area contributed by atoms with Gasteiger partial charge in [0.15, 0.2) is 0 Å². The summed E-state index contributed by atoms with van der Waals surface area (Å²) in [4.78, 5) is 2.53. The highest BCUT2D eigenvalue weighted by Gasteiger charge is 2.11. The maximum Gasteiger partial charge on any atom is 0.129 e. The summed E-state index contributed by atoms with van der Waals surface area (Å²) in [7, 11) is 0. The fourth-order valence-corrected chi connectivity index (χ4v) is 1.84. The van der Waals surface area contributed by atoms with Crippen LogP contribution in [0.15, 0.2) is 18.2 Å². The Hall–Kier alpha value is -0.710. The summed E-state index contributed by atoms with van der Waals surface area (Å²) in [6.45, 7) is 4.00. The number of nitrogens with zero attached hydrogens (tertiary/aromatic N) is 1. The number of thiocarbonyl (C=S) groups is 1. The lowest BCUT2D eigenvalue weighted by Gasteiger charge is -2.21. The normalized spacial score (nSPS) is 10.8. The molecule has 0 saturated carbocycles. The predicted octanol–water partition coefficient (Wildman–Crippen LogP) is 2.98. The Kier molecular flexibility index (Phi) is 5.82. The van der Waals surface area contributed by atoms with Crippen LogP contribution in [0.5, 0.6) is 0 Å². The molecule has 0 amide bonds. The molecule has 0 aliphatic carbocycles. The van der Waals surface area contributed by atoms with Gasteiger partial charge in [-0.05, 0) is 18.7 Å². The van der Waals surface area contributed by atoms with Gasteiger partial charge < -0.3 is 5.73 Å². The molecular weight excluding hydrogens is 259 g/mol. The fraction of sp³-hybridized carbons (Fsp3) is 0.417. The minimum Gasteiger partial charge on any atom is -0.393 e. The number of halogens is 2. The molecule has 0 radical (unpaired) electrons. The highest BCUT2D eigenvalue weighted by Crippen LogP contribution is 2.20. The molecule has 0 spiro atoms. The first-order chi connectivity index (χ1) is 8.04. The second-order valence-electron chi connectivity index (χ2n) is 3.79. The third-order valence-electron chi connectivity index (χ3n) is 2.57. The van der Waals surface area contributed by atoms with Gasteiger partial charge in [-0.3, -0.25) is 4.90 Å². The van der Waals surface area contributed by atoms with Crippen molar-refractivity contribution in [2.45, 2.75) is 19.9 Å². The highest BCUT2D eigenvalue weighted by molar-refractivity contribution is 7.80. The standard InChI is InChI=1S/C12H16ClFN2S/c1-2-16(7-6-12(15)17)8-9-10(13)4-3-5-11(9)14/h3-5H,2,6-8H2,1H3,(H2,15,17). The van der Waals surface area contributed by atoms with E-state index in [1.807, 2.05) is 6.92 Å². The average Bonchev–Trinajstić information content (AvgIpc) is 2.27. The summed E-state index contributed by atoms with van der Waals surface area (Å²) in [5.41, 5.74) is 5.98. The largest absolute Gasteiger partial charge is 0.393 e. The van der Waals surface area contributed by atoms with Crippen LogP contribution in [0.2, 0.25) is 5.02 Å². The maximum atomic E-state index is 13.6. The van der Waals surface area contributed by atoms with Gasteiger partial charge in [-0.2, -0.15) is 0 Å². The highest BCUT2D eigenvalue weighted by atomic mass is 35.5. The number of hydrogen-bond donors (Lipinski definition) is 1. The van der Waals surface area contributed by atoms with Crippen molar-refractivity contribution in [3.05, 3.63) is 34.6 Å². The molecule has 0 heterocycles. The molecule has 0 bridgehead atoms. The molecule has 0 unspecified atom stereocenters. The van der Waals surface area contributed by atoms with E-state index in [2.05, 4.69) is 4.90 Å². The Morgan fingerprint density at radius 2 is 2.24 bits per heavy atom. The quantitative estimate of drug-likeness (QED) is 0.809. The van der Waals surface area contributed by atoms with Crippen LogP contribution in [0.25, 0.3) is 0 Å². The second-order valence-corrected chi connectivity index (χ2v) is 4.72. The molecule has 5 heteroatoms. The van der Waals surface area contributed by atoms with E-state index in [0.29, 0.717) is 28.5 Å². The lowest BCUT2D eigenvalue weighted by molar-refractivity contribution is 0.284. The lowest BCUT2D eigenvalue weighted by atomic mass is 10.2. The van der Waals surface area contributed by atoms with E-state index in [-0.39, 0.29) is 5.82 Å². The molecule has 0 aliphatic rings. The third kappa shape index (κ3) is 4.58. The van der Waals surface area contributed by atoms with Crippen LogP contribution in [-0.4, -0.2) is 23.0 Å². The van der Waals surface area contributed by atoms with Gasteiger partial charge in [0.05, 0.1) is 4.99 Å². The van der Waals surface area contributed by atoms with Crippen LogP contribution in [0.4, 0.5) is 4.39 Å². The van der Waals surface area contributed by atoms with Crippen LogP contribution < -0.4 is 5.73 Å². The Balaban J connectivity index is 2.70. The summed E-state index contributed by atoms with van der Waals surface area (Å²) >= 11 is 10.8. The zero-order valence-corrected chi connectivity index (χ0v) is 11.3. The SMILES string of the molecule is CCN(CCC(N)=S)Cc1c(F)cccc1Cl. The van der Waals surface area contributed by atoms with Crippen molar-refractivity contribution in [3.63, 3.8) is 0 Å². The maximum absolute atomic E-state index is 13.6. The van der Waals surface area contributed by atoms with E-state index in [1.165, 1.54) is 6.07 Å². The number of nitrogens with two attached hydrogens (primary N) is 1. The average molecular weight is 275 g/mol. The number of hydrogen-bond acceptors (Lipinski definition) is 2. The van der Waals surface area contributed by atoms with Gasteiger partial charge in [0.1, 0.15) is 5.82 Å². The van der Waals surface area contributed by atoms with Crippen molar-refractivity contribution in [2.75, 3.05) is 13.1 Å². The van der Waals surface area contributed by atoms with Crippen LogP contribution in [0.3, 0.4) is 0 Å². The zero-order valence-electron chi connectivity index (χ0n) is 9.75. The van der Waals surface area contributed by atoms with Crippen LogP contribution in [-0.2, 0) is 6.54 Å². The van der Waals surface area contributed by atoms with E-state index in [1.54, 1.807) is 12.1 Å². The van der Waals surface area contributed by atoms with Gasteiger partial charge in [0.25, 0.3) is 0 Å². The van der Waals surface area contributed by atoms with Crippen molar-refractivity contribution < 1.29 is 4.39 Å². The van der Waals surface area contributed by atoms with Gasteiger partial charge in [0, 0.05) is 30.1 Å². The first kappa shape index (κ1) is 14.4. The number of rotatable bonds is 6. The monoisotopic (exact) mass is 274 g/mol. The summed E-state index contributed by atoms with van der Waals surface area (Å²) in [5, 5.41) is 0.457. The van der Waals surface area contributed by atoms with Gasteiger partial charge in [-0.15, -0.1) is 0 Å². The van der Waals surface area contributed by atoms with Crippen molar-refractivity contribution >= 4 is 28.8 Å². The third-order valence-corrected chi connectivity index (χ3v) is 3.12. The molecule has 0 atom stereocenters. The minimum atomic E-state index is -0.272. The van der Waals surface area contributed by atoms with E-state index in [9.17, 15) is 4.39 Å². The molecular formula is C12H16ClFN2S. The van der Waals surface area contributed by atoms with Crippen molar-refractivity contribution in [1.29, 1.82) is 0 Å². The fourth-order valence-electron chi connectivity index (χ4n) is 1.52. The molecule has 0 aliphatic heterocycles. The van der Waals surface area contributed by atoms with Gasteiger partial charge in [-0.25, -0.2) is 4.39 Å². The lowest BCUT2D eigenvalue weighted by Crippen LogP contribution is -2.27. The molecule has 2 N–H and O–H groups in total. The first-order valence-corrected chi connectivity index (χ1v) is 6.26. The Morgan fingerprint density at radius 3 is 2.76 bits per heavy atom. The van der Waals surface area contributed by atoms with Crippen molar-refractivity contribution in [1.82, 2.24) is 4.90 Å². The van der Waals surface area contributed by atoms with E-state index in [4.69, 9.17) is 29.6 Å². The molecule has 17 heavy (non-hydrogen) atoms. The second kappa shape index (κ2) is 6.89. The van der Waals surface area contributed by atoms with Crippen molar-refractivity contribution in [3.8, 4) is 0 Å². The molecule has 1 aromatic carbocycles. The Labute approximate surface area is 112 Å². The van der Waals surface area contributed by atoms with Crippen LogP contribution in [0, 0.1) is 5.82 Å². The van der Waals surface area contributed by atoms with E-state index in [0.717, 1.165) is 13.1 Å². The Morgan fingerprint density at radius 1 is 1.53 bits per heavy atom. The predicted molar refractivity (Wildman–Crippen MR) is 73.8 cm³/mol. The van der Waals surface area contributed by atoms with Gasteiger partial charge >= 0.3 is 0 Å². The van der Waals surface area contributed by atoms with Gasteiger partial charge in [0.2, 0.25) is 0 Å². The molecule has 0 aromatic heterocycles.